The molecule has 1 aliphatic heterocycles. The van der Waals surface area contributed by atoms with Crippen LogP contribution in [0.25, 0.3) is 11.4 Å². The van der Waals surface area contributed by atoms with Crippen molar-refractivity contribution in [2.24, 2.45) is 10.9 Å². The molecule has 1 aliphatic rings. The highest BCUT2D eigenvalue weighted by molar-refractivity contribution is 6.32. The molecule has 2 aromatic heterocycles. The number of halogens is 2. The lowest BCUT2D eigenvalue weighted by Gasteiger charge is -2.06. The zero-order valence-corrected chi connectivity index (χ0v) is 13.9. The van der Waals surface area contributed by atoms with E-state index in [2.05, 4.69) is 32.2 Å². The largest absolute Gasteiger partial charge is 0.311 e. The van der Waals surface area contributed by atoms with E-state index in [9.17, 15) is 9.18 Å². The molecule has 2 aromatic rings. The van der Waals surface area contributed by atoms with E-state index >= 15 is 0 Å². The SMILES string of the molecule is CC1CCC(=Nc2nc(-c3ccnc(F)c3)[nH]c(=O)c2Cl)CNC1. The average Bonchev–Trinajstić information content (AvgIpc) is 2.76. The first-order chi connectivity index (χ1) is 11.5. The van der Waals surface area contributed by atoms with Crippen molar-refractivity contribution in [1.82, 2.24) is 20.3 Å². The van der Waals surface area contributed by atoms with E-state index in [0.29, 0.717) is 18.0 Å². The predicted molar refractivity (Wildman–Crippen MR) is 91.4 cm³/mol. The Kier molecular flexibility index (Phi) is 5.01. The van der Waals surface area contributed by atoms with Gasteiger partial charge in [0.25, 0.3) is 5.56 Å². The highest BCUT2D eigenvalue weighted by atomic mass is 35.5. The molecule has 1 atom stereocenters. The van der Waals surface area contributed by atoms with Gasteiger partial charge in [0, 0.05) is 30.1 Å². The summed E-state index contributed by atoms with van der Waals surface area (Å²) in [6.07, 6.45) is 3.13. The molecule has 1 saturated heterocycles. The Morgan fingerprint density at radius 2 is 2.29 bits per heavy atom. The average molecular weight is 350 g/mol. The first-order valence-electron chi connectivity index (χ1n) is 7.72. The predicted octanol–water partition coefficient (Wildman–Crippen LogP) is 2.72. The molecule has 0 saturated carbocycles. The molecule has 2 N–H and O–H groups in total. The first-order valence-corrected chi connectivity index (χ1v) is 8.09. The summed E-state index contributed by atoms with van der Waals surface area (Å²) in [5.74, 6) is 0.273. The Morgan fingerprint density at radius 1 is 1.46 bits per heavy atom. The molecule has 0 aromatic carbocycles. The van der Waals surface area contributed by atoms with Crippen molar-refractivity contribution in [3.63, 3.8) is 0 Å². The quantitative estimate of drug-likeness (QED) is 0.817. The van der Waals surface area contributed by atoms with Crippen molar-refractivity contribution in [2.75, 3.05) is 13.1 Å². The van der Waals surface area contributed by atoms with Crippen LogP contribution in [-0.2, 0) is 0 Å². The maximum absolute atomic E-state index is 13.3. The fourth-order valence-electron chi connectivity index (χ4n) is 2.52. The van der Waals surface area contributed by atoms with Crippen LogP contribution in [-0.4, -0.2) is 33.8 Å². The third-order valence-corrected chi connectivity index (χ3v) is 4.20. The van der Waals surface area contributed by atoms with Crippen molar-refractivity contribution in [2.45, 2.75) is 19.8 Å². The van der Waals surface area contributed by atoms with Gasteiger partial charge in [0.1, 0.15) is 5.82 Å². The van der Waals surface area contributed by atoms with E-state index in [0.717, 1.165) is 25.1 Å². The number of nitrogens with one attached hydrogen (secondary N) is 2. The maximum Gasteiger partial charge on any atom is 0.272 e. The normalized spacial score (nSPS) is 20.1. The fourth-order valence-corrected chi connectivity index (χ4v) is 2.65. The van der Waals surface area contributed by atoms with Crippen molar-refractivity contribution in [3.8, 4) is 11.4 Å². The van der Waals surface area contributed by atoms with Gasteiger partial charge in [-0.3, -0.25) is 4.79 Å². The second kappa shape index (κ2) is 7.19. The summed E-state index contributed by atoms with van der Waals surface area (Å²) in [5, 5.41) is 3.24. The summed E-state index contributed by atoms with van der Waals surface area (Å²) < 4.78 is 13.3. The molecule has 6 nitrogen and oxygen atoms in total. The molecule has 0 bridgehead atoms. The molecule has 0 amide bonds. The van der Waals surface area contributed by atoms with Gasteiger partial charge in [-0.1, -0.05) is 18.5 Å². The van der Waals surface area contributed by atoms with Crippen LogP contribution in [0.2, 0.25) is 5.02 Å². The van der Waals surface area contributed by atoms with E-state index in [1.165, 1.54) is 12.3 Å². The number of aromatic nitrogens is 3. The van der Waals surface area contributed by atoms with Crippen LogP contribution in [0.15, 0.2) is 28.1 Å². The van der Waals surface area contributed by atoms with Gasteiger partial charge >= 0.3 is 0 Å². The molecule has 0 spiro atoms. The Morgan fingerprint density at radius 3 is 3.08 bits per heavy atom. The number of pyridine rings is 1. The van der Waals surface area contributed by atoms with E-state index in [1.54, 1.807) is 6.07 Å². The van der Waals surface area contributed by atoms with Gasteiger partial charge in [0.2, 0.25) is 5.95 Å². The second-order valence-electron chi connectivity index (χ2n) is 5.87. The Balaban J connectivity index is 2.00. The molecule has 8 heteroatoms. The zero-order valence-electron chi connectivity index (χ0n) is 13.1. The monoisotopic (exact) mass is 349 g/mol. The van der Waals surface area contributed by atoms with E-state index < -0.39 is 11.5 Å². The van der Waals surface area contributed by atoms with Crippen LogP contribution in [0.1, 0.15) is 19.8 Å². The van der Waals surface area contributed by atoms with Gasteiger partial charge < -0.3 is 10.3 Å². The van der Waals surface area contributed by atoms with E-state index in [-0.39, 0.29) is 16.7 Å². The molecule has 1 unspecified atom stereocenters. The summed E-state index contributed by atoms with van der Waals surface area (Å²) in [6.45, 7) is 3.73. The molecular weight excluding hydrogens is 333 g/mol. The maximum atomic E-state index is 13.3. The standard InChI is InChI=1S/C16H17ClFN5O/c1-9-2-3-11(8-19-7-9)21-15-13(17)16(24)23-14(22-15)10-4-5-20-12(18)6-10/h4-6,9,19H,2-3,7-8H2,1H3,(H,22,23,24). The summed E-state index contributed by atoms with van der Waals surface area (Å²) in [6, 6.07) is 2.75. The zero-order chi connectivity index (χ0) is 17.1. The third-order valence-electron chi connectivity index (χ3n) is 3.86. The van der Waals surface area contributed by atoms with Crippen LogP contribution < -0.4 is 10.9 Å². The number of hydrogen-bond acceptors (Lipinski definition) is 5. The minimum atomic E-state index is -0.653. The molecule has 3 heterocycles. The van der Waals surface area contributed by atoms with Crippen LogP contribution >= 0.6 is 11.6 Å². The lowest BCUT2D eigenvalue weighted by molar-refractivity contribution is 0.527. The molecule has 24 heavy (non-hydrogen) atoms. The van der Waals surface area contributed by atoms with Gasteiger partial charge in [-0.25, -0.2) is 15.0 Å². The molecule has 3 rings (SSSR count). The molecular formula is C16H17ClFN5O. The summed E-state index contributed by atoms with van der Waals surface area (Å²) in [4.78, 5) is 26.8. The van der Waals surface area contributed by atoms with Gasteiger partial charge in [-0.2, -0.15) is 4.39 Å². The number of nitrogens with zero attached hydrogens (tertiary/aromatic N) is 3. The molecule has 1 fully saturated rings. The van der Waals surface area contributed by atoms with Crippen LogP contribution in [0.4, 0.5) is 10.2 Å². The minimum Gasteiger partial charge on any atom is -0.311 e. The Bertz CT molecular complexity index is 835. The third kappa shape index (κ3) is 3.85. The molecule has 0 radical (unpaired) electrons. The first kappa shape index (κ1) is 16.7. The van der Waals surface area contributed by atoms with Gasteiger partial charge in [-0.15, -0.1) is 0 Å². The van der Waals surface area contributed by atoms with Gasteiger partial charge in [0.05, 0.1) is 0 Å². The second-order valence-corrected chi connectivity index (χ2v) is 6.25. The summed E-state index contributed by atoms with van der Waals surface area (Å²) in [5.41, 5.74) is 0.796. The van der Waals surface area contributed by atoms with Crippen molar-refractivity contribution in [1.29, 1.82) is 0 Å². The topological polar surface area (TPSA) is 83.0 Å². The Hall–Kier alpha value is -2.12. The number of H-pyrrole nitrogens is 1. The fraction of sp³-hybridized carbons (Fsp3) is 0.375. The highest BCUT2D eigenvalue weighted by Crippen LogP contribution is 2.23. The van der Waals surface area contributed by atoms with Crippen LogP contribution in [0.3, 0.4) is 0 Å². The number of aromatic amines is 1. The van der Waals surface area contributed by atoms with Crippen molar-refractivity contribution in [3.05, 3.63) is 39.7 Å². The summed E-state index contributed by atoms with van der Waals surface area (Å²) >= 11 is 6.05. The lowest BCUT2D eigenvalue weighted by Crippen LogP contribution is -2.22. The number of rotatable bonds is 2. The van der Waals surface area contributed by atoms with Crippen LogP contribution in [0, 0.1) is 11.9 Å². The summed E-state index contributed by atoms with van der Waals surface area (Å²) in [7, 11) is 0. The van der Waals surface area contributed by atoms with Gasteiger partial charge in [-0.05, 0) is 31.4 Å². The Labute approximate surface area is 143 Å². The lowest BCUT2D eigenvalue weighted by atomic mass is 10.1. The number of hydrogen-bond donors (Lipinski definition) is 2. The van der Waals surface area contributed by atoms with Crippen LogP contribution in [0.5, 0.6) is 0 Å². The van der Waals surface area contributed by atoms with E-state index in [4.69, 9.17) is 11.6 Å². The molecule has 126 valence electrons. The minimum absolute atomic E-state index is 0.0712. The highest BCUT2D eigenvalue weighted by Gasteiger charge is 2.15. The van der Waals surface area contributed by atoms with E-state index in [1.807, 2.05) is 0 Å². The molecule has 0 aliphatic carbocycles. The number of aliphatic imine (C=N–C) groups is 1. The van der Waals surface area contributed by atoms with Crippen molar-refractivity contribution >= 4 is 23.1 Å². The van der Waals surface area contributed by atoms with Gasteiger partial charge in [0.15, 0.2) is 10.8 Å². The smallest absolute Gasteiger partial charge is 0.272 e. The van der Waals surface area contributed by atoms with Crippen molar-refractivity contribution < 1.29 is 4.39 Å².